The number of pyridine rings is 1. The molecule has 1 aliphatic rings. The van der Waals surface area contributed by atoms with Crippen LogP contribution in [0.4, 0.5) is 4.39 Å². The molecule has 0 spiro atoms. The third-order valence-corrected chi connectivity index (χ3v) is 4.54. The summed E-state index contributed by atoms with van der Waals surface area (Å²) in [5.41, 5.74) is 5.78. The van der Waals surface area contributed by atoms with Crippen LogP contribution < -0.4 is 0 Å². The van der Waals surface area contributed by atoms with Crippen LogP contribution in [-0.2, 0) is 12.8 Å². The maximum absolute atomic E-state index is 13.8. The summed E-state index contributed by atoms with van der Waals surface area (Å²) in [4.78, 5) is 4.84. The smallest absolute Gasteiger partial charge is 0.123 e. The van der Waals surface area contributed by atoms with Crippen LogP contribution in [0.25, 0.3) is 22.0 Å². The quantitative estimate of drug-likeness (QED) is 0.554. The Hall–Kier alpha value is -2.22. The van der Waals surface area contributed by atoms with Gasteiger partial charge in [-0.15, -0.1) is 0 Å². The van der Waals surface area contributed by atoms with Crippen molar-refractivity contribution >= 4 is 10.9 Å². The first-order valence-electron chi connectivity index (χ1n) is 7.99. The highest BCUT2D eigenvalue weighted by Crippen LogP contribution is 2.36. The number of benzene rings is 2. The lowest BCUT2D eigenvalue weighted by atomic mass is 9.92. The number of nitrogens with zero attached hydrogens (tertiary/aromatic N) is 1. The first-order chi connectivity index (χ1) is 10.8. The van der Waals surface area contributed by atoms with Crippen molar-refractivity contribution in [2.45, 2.75) is 32.1 Å². The molecule has 1 nitrogen and oxygen atoms in total. The minimum atomic E-state index is -0.194. The van der Waals surface area contributed by atoms with Crippen molar-refractivity contribution in [2.24, 2.45) is 0 Å². The van der Waals surface area contributed by atoms with Crippen LogP contribution in [0.1, 0.15) is 30.5 Å². The van der Waals surface area contributed by atoms with Gasteiger partial charge in [-0.3, -0.25) is 4.98 Å². The van der Waals surface area contributed by atoms with E-state index in [1.54, 1.807) is 6.07 Å². The predicted octanol–water partition coefficient (Wildman–Crippen LogP) is 5.31. The molecule has 0 bridgehead atoms. The average Bonchev–Trinajstić information content (AvgIpc) is 2.78. The van der Waals surface area contributed by atoms with Crippen molar-refractivity contribution in [1.82, 2.24) is 4.98 Å². The number of hydrogen-bond acceptors (Lipinski definition) is 1. The van der Waals surface area contributed by atoms with Crippen LogP contribution >= 0.6 is 0 Å². The lowest BCUT2D eigenvalue weighted by molar-refractivity contribution is 0.629. The molecule has 3 aromatic rings. The van der Waals surface area contributed by atoms with E-state index < -0.39 is 0 Å². The largest absolute Gasteiger partial charge is 0.253 e. The van der Waals surface area contributed by atoms with E-state index in [0.29, 0.717) is 0 Å². The number of fused-ring (bicyclic) bond motifs is 2. The molecule has 1 aliphatic carbocycles. The number of halogens is 1. The standard InChI is InChI=1S/C20H18FN/c21-15-11-12-19-17(13-15)20(14-7-3-1-4-8-14)16-9-5-2-6-10-18(16)22-19/h1,3-4,7-8,11-13H,2,5-6,9-10H2. The molecular formula is C20H18FN. The molecule has 0 atom stereocenters. The topological polar surface area (TPSA) is 12.9 Å². The third-order valence-electron chi connectivity index (χ3n) is 4.54. The van der Waals surface area contributed by atoms with E-state index in [9.17, 15) is 4.39 Å². The van der Waals surface area contributed by atoms with E-state index in [0.717, 1.165) is 23.7 Å². The van der Waals surface area contributed by atoms with Gasteiger partial charge in [0.15, 0.2) is 0 Å². The van der Waals surface area contributed by atoms with Gasteiger partial charge in [0.25, 0.3) is 0 Å². The fourth-order valence-electron chi connectivity index (χ4n) is 3.51. The maximum atomic E-state index is 13.8. The molecule has 1 heterocycles. The fourth-order valence-corrected chi connectivity index (χ4v) is 3.51. The molecule has 0 radical (unpaired) electrons. The highest BCUT2D eigenvalue weighted by Gasteiger charge is 2.18. The Labute approximate surface area is 129 Å². The molecule has 4 rings (SSSR count). The van der Waals surface area contributed by atoms with E-state index in [-0.39, 0.29) is 5.82 Å². The highest BCUT2D eigenvalue weighted by atomic mass is 19.1. The molecule has 0 saturated carbocycles. The van der Waals surface area contributed by atoms with Crippen molar-refractivity contribution in [2.75, 3.05) is 0 Å². The van der Waals surface area contributed by atoms with Gasteiger partial charge in [0, 0.05) is 11.1 Å². The molecule has 0 unspecified atom stereocenters. The Morgan fingerprint density at radius 1 is 0.864 bits per heavy atom. The van der Waals surface area contributed by atoms with Gasteiger partial charge in [-0.1, -0.05) is 36.8 Å². The first kappa shape index (κ1) is 13.4. The predicted molar refractivity (Wildman–Crippen MR) is 88.4 cm³/mol. The lowest BCUT2D eigenvalue weighted by Gasteiger charge is -2.16. The van der Waals surface area contributed by atoms with E-state index in [1.165, 1.54) is 47.7 Å². The van der Waals surface area contributed by atoms with E-state index in [1.807, 2.05) is 24.3 Å². The summed E-state index contributed by atoms with van der Waals surface area (Å²) in [7, 11) is 0. The molecule has 0 saturated heterocycles. The number of aromatic nitrogens is 1. The van der Waals surface area contributed by atoms with Crippen molar-refractivity contribution in [3.8, 4) is 11.1 Å². The average molecular weight is 291 g/mol. The van der Waals surface area contributed by atoms with Crippen LogP contribution in [0.2, 0.25) is 0 Å². The SMILES string of the molecule is Fc1ccc2nc3c(c(-c4ccccc4)c2c1)CCCCC3. The summed E-state index contributed by atoms with van der Waals surface area (Å²) in [6.45, 7) is 0. The Balaban J connectivity index is 2.09. The molecule has 1 aromatic heterocycles. The molecule has 2 heteroatoms. The summed E-state index contributed by atoms with van der Waals surface area (Å²) in [5, 5.41) is 0.937. The molecule has 0 fully saturated rings. The second-order valence-corrected chi connectivity index (χ2v) is 6.00. The highest BCUT2D eigenvalue weighted by molar-refractivity contribution is 5.96. The van der Waals surface area contributed by atoms with Crippen molar-refractivity contribution in [1.29, 1.82) is 0 Å². The summed E-state index contributed by atoms with van der Waals surface area (Å²) in [5.74, 6) is -0.194. The van der Waals surface area contributed by atoms with Crippen LogP contribution in [0.15, 0.2) is 48.5 Å². The fraction of sp³-hybridized carbons (Fsp3) is 0.250. The van der Waals surface area contributed by atoms with Crippen LogP contribution in [-0.4, -0.2) is 4.98 Å². The number of aryl methyl sites for hydroxylation is 1. The van der Waals surface area contributed by atoms with Crippen molar-refractivity contribution in [3.05, 3.63) is 65.6 Å². The zero-order chi connectivity index (χ0) is 14.9. The van der Waals surface area contributed by atoms with E-state index in [2.05, 4.69) is 12.1 Å². The molecule has 22 heavy (non-hydrogen) atoms. The second kappa shape index (κ2) is 5.53. The molecule has 0 amide bonds. The number of hydrogen-bond donors (Lipinski definition) is 0. The summed E-state index contributed by atoms with van der Waals surface area (Å²) >= 11 is 0. The monoisotopic (exact) mass is 291 g/mol. The van der Waals surface area contributed by atoms with Gasteiger partial charge in [-0.2, -0.15) is 0 Å². The Morgan fingerprint density at radius 3 is 2.55 bits per heavy atom. The first-order valence-corrected chi connectivity index (χ1v) is 7.99. The van der Waals surface area contributed by atoms with Gasteiger partial charge in [0.2, 0.25) is 0 Å². The Kier molecular flexibility index (Phi) is 3.38. The van der Waals surface area contributed by atoms with E-state index in [4.69, 9.17) is 4.98 Å². The zero-order valence-corrected chi connectivity index (χ0v) is 12.5. The summed E-state index contributed by atoms with van der Waals surface area (Å²) in [6.07, 6.45) is 5.70. The lowest BCUT2D eigenvalue weighted by Crippen LogP contribution is -2.01. The van der Waals surface area contributed by atoms with Gasteiger partial charge >= 0.3 is 0 Å². The molecule has 110 valence electrons. The molecule has 0 N–H and O–H groups in total. The molecular weight excluding hydrogens is 273 g/mol. The van der Waals surface area contributed by atoms with Gasteiger partial charge in [-0.25, -0.2) is 4.39 Å². The Bertz CT molecular complexity index is 824. The van der Waals surface area contributed by atoms with Gasteiger partial charge in [-0.05, 0) is 60.6 Å². The van der Waals surface area contributed by atoms with Gasteiger partial charge in [0.05, 0.1) is 5.52 Å². The van der Waals surface area contributed by atoms with Gasteiger partial charge in [0.1, 0.15) is 5.82 Å². The molecule has 2 aromatic carbocycles. The third kappa shape index (κ3) is 2.29. The number of rotatable bonds is 1. The van der Waals surface area contributed by atoms with Crippen molar-refractivity contribution in [3.63, 3.8) is 0 Å². The minimum Gasteiger partial charge on any atom is -0.253 e. The maximum Gasteiger partial charge on any atom is 0.123 e. The second-order valence-electron chi connectivity index (χ2n) is 6.00. The van der Waals surface area contributed by atoms with Gasteiger partial charge < -0.3 is 0 Å². The Morgan fingerprint density at radius 2 is 1.68 bits per heavy atom. The minimum absolute atomic E-state index is 0.194. The molecule has 0 aliphatic heterocycles. The van der Waals surface area contributed by atoms with Crippen LogP contribution in [0, 0.1) is 5.82 Å². The zero-order valence-electron chi connectivity index (χ0n) is 12.5. The van der Waals surface area contributed by atoms with Crippen LogP contribution in [0.5, 0.6) is 0 Å². The van der Waals surface area contributed by atoms with E-state index >= 15 is 0 Å². The summed E-state index contributed by atoms with van der Waals surface area (Å²) in [6, 6.07) is 15.3. The summed E-state index contributed by atoms with van der Waals surface area (Å²) < 4.78 is 13.8. The van der Waals surface area contributed by atoms with Crippen molar-refractivity contribution < 1.29 is 4.39 Å². The normalized spacial score (nSPS) is 14.6. The van der Waals surface area contributed by atoms with Crippen LogP contribution in [0.3, 0.4) is 0 Å².